The predicted molar refractivity (Wildman–Crippen MR) is 82.9 cm³/mol. The molecular weight excluding hydrogens is 302 g/mol. The van der Waals surface area contributed by atoms with Crippen molar-refractivity contribution in [2.75, 3.05) is 17.5 Å². The van der Waals surface area contributed by atoms with Crippen LogP contribution in [0.15, 0.2) is 53.4 Å². The molecule has 2 aromatic carbocycles. The van der Waals surface area contributed by atoms with Gasteiger partial charge in [0.05, 0.1) is 17.1 Å². The van der Waals surface area contributed by atoms with E-state index in [4.69, 9.17) is 4.74 Å². The molecule has 0 aliphatic carbocycles. The first-order valence-corrected chi connectivity index (χ1v) is 8.30. The van der Waals surface area contributed by atoms with Crippen LogP contribution in [0.2, 0.25) is 0 Å². The molecule has 0 N–H and O–H groups in total. The van der Waals surface area contributed by atoms with Crippen LogP contribution in [0.25, 0.3) is 0 Å². The molecule has 0 saturated heterocycles. The zero-order valence-electron chi connectivity index (χ0n) is 12.0. The van der Waals surface area contributed by atoms with Gasteiger partial charge in [-0.25, -0.2) is 8.42 Å². The number of ketones is 1. The van der Waals surface area contributed by atoms with Gasteiger partial charge in [-0.05, 0) is 31.2 Å². The summed E-state index contributed by atoms with van der Waals surface area (Å²) in [5.74, 6) is 0.375. The molecule has 3 rings (SSSR count). The maximum absolute atomic E-state index is 12.9. The van der Waals surface area contributed by atoms with Crippen molar-refractivity contribution in [3.63, 3.8) is 0 Å². The molecule has 0 spiro atoms. The Morgan fingerprint density at radius 2 is 1.91 bits per heavy atom. The number of hydrogen-bond donors (Lipinski definition) is 0. The van der Waals surface area contributed by atoms with Crippen molar-refractivity contribution in [1.29, 1.82) is 0 Å². The Morgan fingerprint density at radius 3 is 2.68 bits per heavy atom. The van der Waals surface area contributed by atoms with Gasteiger partial charge in [0.2, 0.25) is 0 Å². The van der Waals surface area contributed by atoms with E-state index < -0.39 is 10.0 Å². The Hall–Kier alpha value is -2.34. The lowest BCUT2D eigenvalue weighted by Gasteiger charge is -2.30. The summed E-state index contributed by atoms with van der Waals surface area (Å²) in [5, 5.41) is 0. The molecule has 0 amide bonds. The molecule has 2 aromatic rings. The SMILES string of the molecule is CC(=O)c1cccc(S(=O)(=O)N2CCOc3ccccc32)c1. The van der Waals surface area contributed by atoms with Crippen LogP contribution in [0, 0.1) is 0 Å². The molecule has 0 bridgehead atoms. The number of para-hydroxylation sites is 2. The zero-order chi connectivity index (χ0) is 15.7. The van der Waals surface area contributed by atoms with E-state index >= 15 is 0 Å². The van der Waals surface area contributed by atoms with Crippen molar-refractivity contribution in [1.82, 2.24) is 0 Å². The van der Waals surface area contributed by atoms with Crippen LogP contribution in [0.3, 0.4) is 0 Å². The number of benzene rings is 2. The summed E-state index contributed by atoms with van der Waals surface area (Å²) in [4.78, 5) is 11.6. The lowest BCUT2D eigenvalue weighted by Crippen LogP contribution is -2.37. The molecule has 0 unspecified atom stereocenters. The van der Waals surface area contributed by atoms with Gasteiger partial charge < -0.3 is 4.74 Å². The fourth-order valence-electron chi connectivity index (χ4n) is 2.40. The molecular formula is C16H15NO4S. The average molecular weight is 317 g/mol. The Balaban J connectivity index is 2.08. The normalized spacial score (nSPS) is 14.1. The van der Waals surface area contributed by atoms with Crippen LogP contribution >= 0.6 is 0 Å². The Morgan fingerprint density at radius 1 is 1.14 bits per heavy atom. The lowest BCUT2D eigenvalue weighted by molar-refractivity contribution is 0.101. The number of rotatable bonds is 3. The predicted octanol–water partition coefficient (Wildman–Crippen LogP) is 2.48. The summed E-state index contributed by atoms with van der Waals surface area (Å²) >= 11 is 0. The highest BCUT2D eigenvalue weighted by Crippen LogP contribution is 2.34. The Bertz CT molecular complexity index is 830. The molecule has 114 valence electrons. The molecule has 0 saturated carbocycles. The highest BCUT2D eigenvalue weighted by Gasteiger charge is 2.30. The van der Waals surface area contributed by atoms with E-state index in [-0.39, 0.29) is 17.2 Å². The molecule has 0 aromatic heterocycles. The van der Waals surface area contributed by atoms with Gasteiger partial charge in [-0.1, -0.05) is 24.3 Å². The largest absolute Gasteiger partial charge is 0.489 e. The van der Waals surface area contributed by atoms with Crippen molar-refractivity contribution in [3.05, 3.63) is 54.1 Å². The van der Waals surface area contributed by atoms with Crippen molar-refractivity contribution >= 4 is 21.5 Å². The van der Waals surface area contributed by atoms with Gasteiger partial charge in [0.15, 0.2) is 5.78 Å². The van der Waals surface area contributed by atoms with Crippen molar-refractivity contribution in [3.8, 4) is 5.75 Å². The topological polar surface area (TPSA) is 63.7 Å². The minimum atomic E-state index is -3.73. The number of hydrogen-bond acceptors (Lipinski definition) is 4. The lowest BCUT2D eigenvalue weighted by atomic mass is 10.2. The number of fused-ring (bicyclic) bond motifs is 1. The van der Waals surface area contributed by atoms with Gasteiger partial charge in [0, 0.05) is 5.56 Å². The zero-order valence-corrected chi connectivity index (χ0v) is 12.8. The fraction of sp³-hybridized carbons (Fsp3) is 0.188. The second kappa shape index (κ2) is 5.46. The van der Waals surface area contributed by atoms with Crippen molar-refractivity contribution < 1.29 is 17.9 Å². The first-order chi connectivity index (χ1) is 10.5. The molecule has 1 heterocycles. The molecule has 0 atom stereocenters. The number of carbonyl (C=O) groups is 1. The Kier molecular flexibility index (Phi) is 3.62. The van der Waals surface area contributed by atoms with Gasteiger partial charge in [-0.2, -0.15) is 0 Å². The van der Waals surface area contributed by atoms with E-state index in [0.29, 0.717) is 23.6 Å². The van der Waals surface area contributed by atoms with Crippen LogP contribution in [0.4, 0.5) is 5.69 Å². The van der Waals surface area contributed by atoms with Gasteiger partial charge >= 0.3 is 0 Å². The van der Waals surface area contributed by atoms with Gasteiger partial charge in [0.25, 0.3) is 10.0 Å². The number of Topliss-reactive ketones (excluding diaryl/α,β-unsaturated/α-hetero) is 1. The summed E-state index contributed by atoms with van der Waals surface area (Å²) in [7, 11) is -3.73. The first-order valence-electron chi connectivity index (χ1n) is 6.86. The summed E-state index contributed by atoms with van der Waals surface area (Å²) in [6.45, 7) is 1.95. The van der Waals surface area contributed by atoms with Crippen LogP contribution in [-0.2, 0) is 10.0 Å². The molecule has 5 nitrogen and oxygen atoms in total. The van der Waals surface area contributed by atoms with E-state index in [2.05, 4.69) is 0 Å². The second-order valence-corrected chi connectivity index (χ2v) is 6.84. The van der Waals surface area contributed by atoms with E-state index in [0.717, 1.165) is 0 Å². The number of carbonyl (C=O) groups excluding carboxylic acids is 1. The quantitative estimate of drug-likeness (QED) is 0.816. The van der Waals surface area contributed by atoms with E-state index in [9.17, 15) is 13.2 Å². The number of nitrogens with zero attached hydrogens (tertiary/aromatic N) is 1. The van der Waals surface area contributed by atoms with Crippen molar-refractivity contribution in [2.24, 2.45) is 0 Å². The molecule has 0 radical (unpaired) electrons. The number of sulfonamides is 1. The molecule has 6 heteroatoms. The van der Waals surface area contributed by atoms with Crippen LogP contribution in [0.5, 0.6) is 5.75 Å². The minimum absolute atomic E-state index is 0.108. The van der Waals surface area contributed by atoms with E-state index in [1.807, 2.05) is 0 Å². The van der Waals surface area contributed by atoms with Crippen LogP contribution in [0.1, 0.15) is 17.3 Å². The standard InChI is InChI=1S/C16H15NO4S/c1-12(18)13-5-4-6-14(11-13)22(19,20)17-9-10-21-16-8-3-2-7-15(16)17/h2-8,11H,9-10H2,1H3. The fourth-order valence-corrected chi connectivity index (χ4v) is 3.90. The third kappa shape index (κ3) is 2.46. The summed E-state index contributed by atoms with van der Waals surface area (Å²) < 4.78 is 32.6. The van der Waals surface area contributed by atoms with Crippen molar-refractivity contribution in [2.45, 2.75) is 11.8 Å². The minimum Gasteiger partial charge on any atom is -0.489 e. The van der Waals surface area contributed by atoms with Gasteiger partial charge in [0.1, 0.15) is 12.4 Å². The van der Waals surface area contributed by atoms with Crippen LogP contribution in [-0.4, -0.2) is 27.4 Å². The molecule has 0 fully saturated rings. The van der Waals surface area contributed by atoms with E-state index in [1.165, 1.54) is 23.4 Å². The molecule has 22 heavy (non-hydrogen) atoms. The second-order valence-electron chi connectivity index (χ2n) is 4.98. The Labute approximate surface area is 129 Å². The average Bonchev–Trinajstić information content (AvgIpc) is 2.54. The summed E-state index contributed by atoms with van der Waals surface area (Å²) in [5.41, 5.74) is 0.893. The first kappa shape index (κ1) is 14.6. The maximum Gasteiger partial charge on any atom is 0.264 e. The maximum atomic E-state index is 12.9. The number of ether oxygens (including phenoxy) is 1. The summed E-state index contributed by atoms with van der Waals surface area (Å²) in [6.07, 6.45) is 0. The molecule has 1 aliphatic heterocycles. The van der Waals surface area contributed by atoms with E-state index in [1.54, 1.807) is 36.4 Å². The van der Waals surface area contributed by atoms with Gasteiger partial charge in [-0.15, -0.1) is 0 Å². The number of anilines is 1. The van der Waals surface area contributed by atoms with Crippen LogP contribution < -0.4 is 9.04 Å². The third-order valence-electron chi connectivity index (χ3n) is 3.51. The highest BCUT2D eigenvalue weighted by molar-refractivity contribution is 7.92. The highest BCUT2D eigenvalue weighted by atomic mass is 32.2. The monoisotopic (exact) mass is 317 g/mol. The third-order valence-corrected chi connectivity index (χ3v) is 5.32. The summed E-state index contributed by atoms with van der Waals surface area (Å²) in [6, 6.07) is 13.1. The smallest absolute Gasteiger partial charge is 0.264 e. The molecule has 1 aliphatic rings. The van der Waals surface area contributed by atoms with Gasteiger partial charge in [-0.3, -0.25) is 9.10 Å².